The molecule has 0 spiro atoms. The van der Waals surface area contributed by atoms with E-state index in [1.807, 2.05) is 6.07 Å². The summed E-state index contributed by atoms with van der Waals surface area (Å²) >= 11 is 0. The molecule has 0 radical (unpaired) electrons. The highest BCUT2D eigenvalue weighted by Crippen LogP contribution is 2.38. The van der Waals surface area contributed by atoms with E-state index < -0.39 is 0 Å². The number of hydrogen-bond donors (Lipinski definition) is 3. The van der Waals surface area contributed by atoms with Gasteiger partial charge in [0.05, 0.1) is 0 Å². The third-order valence-electron chi connectivity index (χ3n) is 6.69. The Kier molecular flexibility index (Phi) is 10.2. The first-order valence-corrected chi connectivity index (χ1v) is 12.9. The minimum atomic E-state index is 0.0910. The molecular weight excluding hydrogens is 420 g/mol. The molecule has 3 heteroatoms. The first-order chi connectivity index (χ1) is 16.6. The summed E-state index contributed by atoms with van der Waals surface area (Å²) in [6.45, 7) is 4.60. The van der Waals surface area contributed by atoms with Gasteiger partial charge in [-0.25, -0.2) is 0 Å². The van der Waals surface area contributed by atoms with Gasteiger partial charge in [-0.2, -0.15) is 0 Å². The maximum Gasteiger partial charge on any atom is 0.122 e. The van der Waals surface area contributed by atoms with Crippen LogP contribution in [0.5, 0.6) is 5.75 Å². The topological polar surface area (TPSA) is 60.7 Å². The van der Waals surface area contributed by atoms with E-state index in [4.69, 9.17) is 0 Å². The minimum absolute atomic E-state index is 0.0910. The maximum absolute atomic E-state index is 11.0. The number of aryl methyl sites for hydroxylation is 3. The number of hydrogen-bond acceptors (Lipinski definition) is 3. The molecule has 0 amide bonds. The smallest absolute Gasteiger partial charge is 0.122 e. The summed E-state index contributed by atoms with van der Waals surface area (Å²) in [6, 6.07) is 19.6. The second kappa shape index (κ2) is 13.3. The van der Waals surface area contributed by atoms with Crippen LogP contribution in [0.3, 0.4) is 0 Å². The Morgan fingerprint density at radius 2 is 1.29 bits per heavy atom. The zero-order valence-corrected chi connectivity index (χ0v) is 20.8. The van der Waals surface area contributed by atoms with Gasteiger partial charge in [-0.15, -0.1) is 0 Å². The van der Waals surface area contributed by atoms with Crippen LogP contribution in [-0.4, -0.2) is 28.5 Å². The molecule has 0 aliphatic rings. The van der Waals surface area contributed by atoms with Crippen molar-refractivity contribution in [3.05, 3.63) is 76.9 Å². The highest BCUT2D eigenvalue weighted by molar-refractivity contribution is 5.77. The van der Waals surface area contributed by atoms with Crippen molar-refractivity contribution in [3.63, 3.8) is 0 Å². The molecule has 3 nitrogen and oxygen atoms in total. The van der Waals surface area contributed by atoms with Crippen molar-refractivity contribution in [2.75, 3.05) is 13.2 Å². The summed E-state index contributed by atoms with van der Waals surface area (Å²) < 4.78 is 0. The second-order valence-electron chi connectivity index (χ2n) is 9.13. The molecule has 0 bridgehead atoms. The average molecular weight is 461 g/mol. The number of phenols is 1. The Labute approximate surface area is 205 Å². The van der Waals surface area contributed by atoms with Crippen LogP contribution in [0.2, 0.25) is 0 Å². The number of benzene rings is 3. The van der Waals surface area contributed by atoms with Crippen molar-refractivity contribution in [3.8, 4) is 28.0 Å². The van der Waals surface area contributed by atoms with E-state index in [1.165, 1.54) is 41.5 Å². The van der Waals surface area contributed by atoms with Gasteiger partial charge < -0.3 is 15.3 Å². The van der Waals surface area contributed by atoms with Crippen LogP contribution in [0.4, 0.5) is 0 Å². The van der Waals surface area contributed by atoms with Crippen molar-refractivity contribution in [2.24, 2.45) is 0 Å². The van der Waals surface area contributed by atoms with Crippen LogP contribution in [0.1, 0.15) is 68.2 Å². The molecular formula is C31H40O3. The van der Waals surface area contributed by atoms with Gasteiger partial charge in [0.25, 0.3) is 0 Å². The Morgan fingerprint density at radius 3 is 1.97 bits per heavy atom. The largest absolute Gasteiger partial charge is 0.507 e. The Balaban J connectivity index is 1.94. The number of aliphatic hydroxyl groups is 2. The summed E-state index contributed by atoms with van der Waals surface area (Å²) in [6.07, 6.45) is 8.29. The van der Waals surface area contributed by atoms with Crippen LogP contribution in [0.25, 0.3) is 22.3 Å². The zero-order chi connectivity index (χ0) is 24.3. The van der Waals surface area contributed by atoms with Crippen LogP contribution >= 0.6 is 0 Å². The van der Waals surface area contributed by atoms with Crippen molar-refractivity contribution >= 4 is 0 Å². The second-order valence-corrected chi connectivity index (χ2v) is 9.13. The van der Waals surface area contributed by atoms with E-state index in [2.05, 4.69) is 62.4 Å². The summed E-state index contributed by atoms with van der Waals surface area (Å²) in [4.78, 5) is 0. The molecule has 3 aromatic rings. The lowest BCUT2D eigenvalue weighted by Crippen LogP contribution is -2.00. The third kappa shape index (κ3) is 6.49. The Hall–Kier alpha value is -2.62. The summed E-state index contributed by atoms with van der Waals surface area (Å²) in [7, 11) is 0. The predicted octanol–water partition coefficient (Wildman–Crippen LogP) is 6.87. The van der Waals surface area contributed by atoms with Gasteiger partial charge in [-0.3, -0.25) is 0 Å². The highest BCUT2D eigenvalue weighted by Gasteiger charge is 2.16. The molecule has 0 aliphatic carbocycles. The summed E-state index contributed by atoms with van der Waals surface area (Å²) in [5.74, 6) is 0.309. The number of rotatable bonds is 13. The molecule has 3 aromatic carbocycles. The lowest BCUT2D eigenvalue weighted by atomic mass is 9.88. The SMILES string of the molecule is CCCCCc1ccc(-c2ccc(-c3ccc(CCCO)c(O)c3CCCO)c(CC)c2)cc1. The number of unbranched alkanes of at least 4 members (excludes halogenated alkanes) is 2. The highest BCUT2D eigenvalue weighted by atomic mass is 16.3. The molecule has 0 aromatic heterocycles. The molecule has 182 valence electrons. The van der Waals surface area contributed by atoms with E-state index in [9.17, 15) is 15.3 Å². The maximum atomic E-state index is 11.0. The van der Waals surface area contributed by atoms with E-state index in [1.54, 1.807) is 0 Å². The van der Waals surface area contributed by atoms with Gasteiger partial charge in [-0.05, 0) is 83.9 Å². The first-order valence-electron chi connectivity index (χ1n) is 12.9. The summed E-state index contributed by atoms with van der Waals surface area (Å²) in [5.41, 5.74) is 9.01. The lowest BCUT2D eigenvalue weighted by Gasteiger charge is -2.18. The van der Waals surface area contributed by atoms with E-state index in [0.29, 0.717) is 31.4 Å². The van der Waals surface area contributed by atoms with Crippen LogP contribution in [0, 0.1) is 0 Å². The van der Waals surface area contributed by atoms with E-state index in [0.717, 1.165) is 35.1 Å². The Morgan fingerprint density at radius 1 is 0.618 bits per heavy atom. The van der Waals surface area contributed by atoms with Crippen LogP contribution < -0.4 is 0 Å². The Bertz CT molecular complexity index is 1040. The lowest BCUT2D eigenvalue weighted by molar-refractivity contribution is 0.287. The fourth-order valence-electron chi connectivity index (χ4n) is 4.69. The molecule has 0 fully saturated rings. The molecule has 34 heavy (non-hydrogen) atoms. The van der Waals surface area contributed by atoms with Gasteiger partial charge >= 0.3 is 0 Å². The normalized spacial score (nSPS) is 11.2. The molecule has 0 saturated carbocycles. The standard InChI is InChI=1S/C31H40O3/c1-3-5-6-9-23-12-14-25(15-13-23)27-17-18-28(24(4-2)22-27)29-19-16-26(10-7-20-32)31(34)30(29)11-8-21-33/h12-19,22,32-34H,3-11,20-21H2,1-2H3. The number of aliphatic hydroxyl groups excluding tert-OH is 2. The van der Waals surface area contributed by atoms with Crippen molar-refractivity contribution in [1.82, 2.24) is 0 Å². The van der Waals surface area contributed by atoms with E-state index in [-0.39, 0.29) is 13.2 Å². The molecule has 3 N–H and O–H groups in total. The fraction of sp³-hybridized carbons (Fsp3) is 0.419. The van der Waals surface area contributed by atoms with Gasteiger partial charge in [0.15, 0.2) is 0 Å². The molecule has 0 atom stereocenters. The molecule has 3 rings (SSSR count). The van der Waals surface area contributed by atoms with Gasteiger partial charge in [0.1, 0.15) is 5.75 Å². The van der Waals surface area contributed by atoms with Crippen molar-refractivity contribution in [1.29, 1.82) is 0 Å². The van der Waals surface area contributed by atoms with Gasteiger partial charge in [0.2, 0.25) is 0 Å². The van der Waals surface area contributed by atoms with Crippen molar-refractivity contribution < 1.29 is 15.3 Å². The quantitative estimate of drug-likeness (QED) is 0.244. The first kappa shape index (κ1) is 26.0. The van der Waals surface area contributed by atoms with Crippen LogP contribution in [0.15, 0.2) is 54.6 Å². The molecule has 0 aliphatic heterocycles. The molecule has 0 heterocycles. The number of aromatic hydroxyl groups is 1. The van der Waals surface area contributed by atoms with Crippen LogP contribution in [-0.2, 0) is 25.7 Å². The fourth-order valence-corrected chi connectivity index (χ4v) is 4.69. The minimum Gasteiger partial charge on any atom is -0.507 e. The molecule has 0 unspecified atom stereocenters. The average Bonchev–Trinajstić information content (AvgIpc) is 2.87. The molecule has 0 saturated heterocycles. The summed E-state index contributed by atoms with van der Waals surface area (Å²) in [5, 5.41) is 29.6. The predicted molar refractivity (Wildman–Crippen MR) is 142 cm³/mol. The van der Waals surface area contributed by atoms with E-state index >= 15 is 0 Å². The number of phenolic OH excluding ortho intramolecular Hbond substituents is 1. The van der Waals surface area contributed by atoms with Gasteiger partial charge in [0, 0.05) is 18.8 Å². The zero-order valence-electron chi connectivity index (χ0n) is 20.8. The van der Waals surface area contributed by atoms with Gasteiger partial charge in [-0.1, -0.05) is 81.3 Å². The monoisotopic (exact) mass is 460 g/mol. The third-order valence-corrected chi connectivity index (χ3v) is 6.69. The van der Waals surface area contributed by atoms with Crippen molar-refractivity contribution in [2.45, 2.75) is 71.6 Å².